The van der Waals surface area contributed by atoms with Gasteiger partial charge >= 0.3 is 6.36 Å². The van der Waals surface area contributed by atoms with Crippen LogP contribution in [0.3, 0.4) is 0 Å². The Morgan fingerprint density at radius 2 is 1.90 bits per heavy atom. The van der Waals surface area contributed by atoms with E-state index in [1.54, 1.807) is 25.4 Å². The predicted octanol–water partition coefficient (Wildman–Crippen LogP) is 3.65. The SMILES string of the molecule is COc1ccc(CN(C)C(=O)c2cc(-c3ccc(OC(F)(F)F)cc3)n[nH]2)cn1. The molecule has 3 aromatic rings. The molecule has 0 spiro atoms. The molecule has 7 nitrogen and oxygen atoms in total. The lowest BCUT2D eigenvalue weighted by atomic mass is 10.1. The largest absolute Gasteiger partial charge is 0.573 e. The van der Waals surface area contributed by atoms with Crippen molar-refractivity contribution in [1.82, 2.24) is 20.1 Å². The van der Waals surface area contributed by atoms with Gasteiger partial charge in [-0.2, -0.15) is 5.10 Å². The number of amides is 1. The van der Waals surface area contributed by atoms with Gasteiger partial charge in [-0.15, -0.1) is 13.2 Å². The predicted molar refractivity (Wildman–Crippen MR) is 97.3 cm³/mol. The van der Waals surface area contributed by atoms with Crippen molar-refractivity contribution in [3.8, 4) is 22.9 Å². The van der Waals surface area contributed by atoms with E-state index in [1.165, 1.54) is 42.3 Å². The third-order valence-corrected chi connectivity index (χ3v) is 3.97. The van der Waals surface area contributed by atoms with Gasteiger partial charge in [-0.25, -0.2) is 4.98 Å². The highest BCUT2D eigenvalue weighted by atomic mass is 19.4. The molecule has 0 fully saturated rings. The van der Waals surface area contributed by atoms with Crippen molar-refractivity contribution in [2.24, 2.45) is 0 Å². The van der Waals surface area contributed by atoms with Crippen molar-refractivity contribution in [2.75, 3.05) is 14.2 Å². The zero-order valence-electron chi connectivity index (χ0n) is 15.5. The van der Waals surface area contributed by atoms with Crippen LogP contribution >= 0.6 is 0 Å². The van der Waals surface area contributed by atoms with E-state index in [1.807, 2.05) is 0 Å². The third kappa shape index (κ3) is 5.24. The van der Waals surface area contributed by atoms with Crippen LogP contribution in [-0.2, 0) is 6.54 Å². The van der Waals surface area contributed by atoms with Gasteiger partial charge in [0.1, 0.15) is 11.4 Å². The molecule has 2 aromatic heterocycles. The van der Waals surface area contributed by atoms with Crippen LogP contribution in [0, 0.1) is 0 Å². The summed E-state index contributed by atoms with van der Waals surface area (Å²) in [6, 6.07) is 10.3. The van der Waals surface area contributed by atoms with Gasteiger partial charge in [-0.05, 0) is 35.9 Å². The number of aromatic amines is 1. The smallest absolute Gasteiger partial charge is 0.481 e. The highest BCUT2D eigenvalue weighted by molar-refractivity contribution is 5.93. The fourth-order valence-corrected chi connectivity index (χ4v) is 2.58. The normalized spacial score (nSPS) is 11.2. The molecule has 1 N–H and O–H groups in total. The van der Waals surface area contributed by atoms with E-state index in [4.69, 9.17) is 4.74 Å². The Kier molecular flexibility index (Phi) is 5.71. The maximum atomic E-state index is 12.6. The molecule has 0 aliphatic carbocycles. The Morgan fingerprint density at radius 1 is 1.17 bits per heavy atom. The molecule has 0 bridgehead atoms. The van der Waals surface area contributed by atoms with E-state index in [-0.39, 0.29) is 17.4 Å². The number of aromatic nitrogens is 3. The molecule has 1 amide bonds. The van der Waals surface area contributed by atoms with Crippen LogP contribution in [-0.4, -0.2) is 46.5 Å². The Balaban J connectivity index is 1.67. The first-order valence-electron chi connectivity index (χ1n) is 8.41. The highest BCUT2D eigenvalue weighted by Crippen LogP contribution is 2.26. The van der Waals surface area contributed by atoms with Crippen molar-refractivity contribution in [2.45, 2.75) is 12.9 Å². The number of H-pyrrole nitrogens is 1. The molecule has 0 unspecified atom stereocenters. The van der Waals surface area contributed by atoms with Crippen molar-refractivity contribution >= 4 is 5.91 Å². The quantitative estimate of drug-likeness (QED) is 0.676. The fourth-order valence-electron chi connectivity index (χ4n) is 2.58. The molecule has 152 valence electrons. The number of halogens is 3. The minimum atomic E-state index is -4.75. The first-order valence-corrected chi connectivity index (χ1v) is 8.41. The molecule has 2 heterocycles. The number of nitrogens with zero attached hydrogens (tertiary/aromatic N) is 3. The summed E-state index contributed by atoms with van der Waals surface area (Å²) in [7, 11) is 3.15. The lowest BCUT2D eigenvalue weighted by Gasteiger charge is -2.16. The lowest BCUT2D eigenvalue weighted by molar-refractivity contribution is -0.274. The van der Waals surface area contributed by atoms with E-state index in [0.717, 1.165) is 5.56 Å². The van der Waals surface area contributed by atoms with Crippen molar-refractivity contribution < 1.29 is 27.4 Å². The summed E-state index contributed by atoms with van der Waals surface area (Å²) in [4.78, 5) is 18.2. The van der Waals surface area contributed by atoms with Gasteiger partial charge in [0.15, 0.2) is 0 Å². The van der Waals surface area contributed by atoms with Gasteiger partial charge in [0.05, 0.1) is 12.8 Å². The van der Waals surface area contributed by atoms with E-state index >= 15 is 0 Å². The second-order valence-corrected chi connectivity index (χ2v) is 6.11. The zero-order valence-corrected chi connectivity index (χ0v) is 15.5. The van der Waals surface area contributed by atoms with Crippen molar-refractivity contribution in [3.05, 3.63) is 59.9 Å². The summed E-state index contributed by atoms with van der Waals surface area (Å²) >= 11 is 0. The van der Waals surface area contributed by atoms with E-state index < -0.39 is 6.36 Å². The highest BCUT2D eigenvalue weighted by Gasteiger charge is 2.31. The monoisotopic (exact) mass is 406 g/mol. The third-order valence-electron chi connectivity index (χ3n) is 3.97. The Labute approximate surface area is 164 Å². The molecular formula is C19H17F3N4O3. The summed E-state index contributed by atoms with van der Waals surface area (Å²) in [6.45, 7) is 0.327. The molecule has 0 atom stereocenters. The molecule has 0 radical (unpaired) electrons. The average molecular weight is 406 g/mol. The van der Waals surface area contributed by atoms with Gasteiger partial charge in [-0.3, -0.25) is 9.89 Å². The molecule has 29 heavy (non-hydrogen) atoms. The number of hydrogen-bond acceptors (Lipinski definition) is 5. The first kappa shape index (κ1) is 20.2. The topological polar surface area (TPSA) is 80.3 Å². The first-order chi connectivity index (χ1) is 13.7. The summed E-state index contributed by atoms with van der Waals surface area (Å²) in [6.07, 6.45) is -3.14. The Hall–Kier alpha value is -3.56. The van der Waals surface area contributed by atoms with Crippen LogP contribution in [0.25, 0.3) is 11.3 Å². The standard InChI is InChI=1S/C19H17F3N4O3/c1-26(11-12-3-8-17(28-2)23-10-12)18(27)16-9-15(24-25-16)13-4-6-14(7-5-13)29-19(20,21)22/h3-10H,11H2,1-2H3,(H,24,25). The van der Waals surface area contributed by atoms with Gasteiger partial charge in [0, 0.05) is 31.4 Å². The van der Waals surface area contributed by atoms with Crippen molar-refractivity contribution in [1.29, 1.82) is 0 Å². The number of carbonyl (C=O) groups excluding carboxylic acids is 1. The summed E-state index contributed by atoms with van der Waals surface area (Å²) in [5.74, 6) is -0.148. The summed E-state index contributed by atoms with van der Waals surface area (Å²) in [5.41, 5.74) is 2.03. The minimum Gasteiger partial charge on any atom is -0.481 e. The summed E-state index contributed by atoms with van der Waals surface area (Å²) < 4.78 is 45.5. The Morgan fingerprint density at radius 3 is 2.48 bits per heavy atom. The van der Waals surface area contributed by atoms with Crippen LogP contribution < -0.4 is 9.47 Å². The van der Waals surface area contributed by atoms with E-state index in [9.17, 15) is 18.0 Å². The number of rotatable bonds is 6. The maximum absolute atomic E-state index is 12.6. The number of carbonyl (C=O) groups is 1. The van der Waals surface area contributed by atoms with Gasteiger partial charge in [0.25, 0.3) is 5.91 Å². The molecule has 0 saturated carbocycles. The van der Waals surface area contributed by atoms with Crippen molar-refractivity contribution in [3.63, 3.8) is 0 Å². The van der Waals surface area contributed by atoms with Crippen LogP contribution in [0.2, 0.25) is 0 Å². The Bertz CT molecular complexity index is 970. The number of methoxy groups -OCH3 is 1. The number of pyridine rings is 1. The lowest BCUT2D eigenvalue weighted by Crippen LogP contribution is -2.26. The molecule has 0 saturated heterocycles. The molecule has 1 aromatic carbocycles. The molecule has 0 aliphatic heterocycles. The second-order valence-electron chi connectivity index (χ2n) is 6.11. The van der Waals surface area contributed by atoms with E-state index in [0.29, 0.717) is 23.7 Å². The number of nitrogens with one attached hydrogen (secondary N) is 1. The fraction of sp³-hybridized carbons (Fsp3) is 0.211. The number of ether oxygens (including phenoxy) is 2. The zero-order chi connectivity index (χ0) is 21.0. The van der Waals surface area contributed by atoms with Crippen LogP contribution in [0.4, 0.5) is 13.2 Å². The van der Waals surface area contributed by atoms with E-state index in [2.05, 4.69) is 19.9 Å². The minimum absolute atomic E-state index is 0.250. The molecular weight excluding hydrogens is 389 g/mol. The van der Waals surface area contributed by atoms with Crippen LogP contribution in [0.5, 0.6) is 11.6 Å². The van der Waals surface area contributed by atoms with Gasteiger partial charge in [-0.1, -0.05) is 6.07 Å². The number of alkyl halides is 3. The molecule has 10 heteroatoms. The summed E-state index contributed by atoms with van der Waals surface area (Å²) in [5, 5.41) is 6.71. The van der Waals surface area contributed by atoms with Gasteiger partial charge < -0.3 is 14.4 Å². The van der Waals surface area contributed by atoms with Crippen LogP contribution in [0.1, 0.15) is 16.1 Å². The van der Waals surface area contributed by atoms with Crippen LogP contribution in [0.15, 0.2) is 48.7 Å². The number of benzene rings is 1. The average Bonchev–Trinajstić information content (AvgIpc) is 3.17. The molecule has 3 rings (SSSR count). The maximum Gasteiger partial charge on any atom is 0.573 e. The van der Waals surface area contributed by atoms with Gasteiger partial charge in [0.2, 0.25) is 5.88 Å². The number of hydrogen-bond donors (Lipinski definition) is 1. The molecule has 0 aliphatic rings. The second kappa shape index (κ2) is 8.21.